The number of nitrogens with two attached hydrogens (primary N) is 2. The van der Waals surface area contributed by atoms with E-state index in [0.29, 0.717) is 29.1 Å². The summed E-state index contributed by atoms with van der Waals surface area (Å²) < 4.78 is 18.3. The fourth-order valence-corrected chi connectivity index (χ4v) is 7.21. The molecule has 0 aliphatic carbocycles. The number of nitrogen functional groups attached to an aromatic ring is 2. The number of esters is 1. The summed E-state index contributed by atoms with van der Waals surface area (Å²) in [6, 6.07) is 6.53. The van der Waals surface area contributed by atoms with Gasteiger partial charge in [-0.15, -0.1) is 21.1 Å². The van der Waals surface area contributed by atoms with Gasteiger partial charge in [0.1, 0.15) is 18.1 Å². The minimum absolute atomic E-state index is 0.0257. The molecule has 0 spiro atoms. The second-order valence-corrected chi connectivity index (χ2v) is 14.6. The fourth-order valence-electron chi connectivity index (χ4n) is 5.37. The van der Waals surface area contributed by atoms with E-state index in [-0.39, 0.29) is 47.8 Å². The lowest BCUT2D eigenvalue weighted by atomic mass is 9.89. The van der Waals surface area contributed by atoms with Crippen LogP contribution in [-0.2, 0) is 49.0 Å². The van der Waals surface area contributed by atoms with Crippen LogP contribution in [0.2, 0.25) is 0 Å². The van der Waals surface area contributed by atoms with Gasteiger partial charge >= 0.3 is 18.0 Å². The van der Waals surface area contributed by atoms with E-state index in [1.165, 1.54) is 37.6 Å². The number of oxime groups is 1. The van der Waals surface area contributed by atoms with Crippen LogP contribution in [0.15, 0.2) is 46.9 Å². The van der Waals surface area contributed by atoms with Crippen molar-refractivity contribution < 1.29 is 48.1 Å². The van der Waals surface area contributed by atoms with Crippen LogP contribution in [0.25, 0.3) is 0 Å². The number of rotatable bonds is 16. The van der Waals surface area contributed by atoms with E-state index in [4.69, 9.17) is 25.8 Å². The summed E-state index contributed by atoms with van der Waals surface area (Å²) in [6.07, 6.45) is 2.00. The van der Waals surface area contributed by atoms with Crippen molar-refractivity contribution >= 4 is 75.3 Å². The van der Waals surface area contributed by atoms with Crippen molar-refractivity contribution in [3.8, 4) is 5.75 Å². The highest BCUT2D eigenvalue weighted by atomic mass is 32.2. The van der Waals surface area contributed by atoms with Crippen molar-refractivity contribution in [1.82, 2.24) is 24.3 Å². The molecular formula is C33H41N10O9S2+. The summed E-state index contributed by atoms with van der Waals surface area (Å²) in [5.41, 5.74) is 11.4. The SMILES string of the molecule is CCCNC(=O)Nc1c[n+](CC2=C(C(=O)OCc3ccc(OC)cc3)N3C(=O)[C@@H](CC(=O)/C(=N\OC(C)(C)C(=O)O)c4nsc(N)n4)[C@H]3SC2)n(C)c1N. The van der Waals surface area contributed by atoms with E-state index in [1.54, 1.807) is 46.9 Å². The number of carbonyl (C=O) groups excluding carboxylic acids is 4. The Kier molecular flexibility index (Phi) is 12.1. The molecule has 288 valence electrons. The van der Waals surface area contributed by atoms with Gasteiger partial charge in [-0.2, -0.15) is 9.36 Å². The minimum atomic E-state index is -1.79. The average Bonchev–Trinajstić information content (AvgIpc) is 3.69. The molecule has 3 aromatic rings. The van der Waals surface area contributed by atoms with Crippen LogP contribution >= 0.6 is 23.3 Å². The number of Topliss-reactive ketones (excluding diaryl/α,β-unsaturated/α-hetero) is 1. The molecule has 2 aliphatic rings. The first-order valence-corrected chi connectivity index (χ1v) is 18.5. The summed E-state index contributed by atoms with van der Waals surface area (Å²) in [6.45, 7) is 4.91. The van der Waals surface area contributed by atoms with Gasteiger partial charge in [0.05, 0.1) is 25.4 Å². The number of thioether (sulfide) groups is 1. The number of fused-ring (bicyclic) bond motifs is 1. The third-order valence-corrected chi connectivity index (χ3v) is 10.4. The highest BCUT2D eigenvalue weighted by Gasteiger charge is 2.55. The molecular weight excluding hydrogens is 745 g/mol. The van der Waals surface area contributed by atoms with Gasteiger partial charge in [0.2, 0.25) is 23.5 Å². The lowest BCUT2D eigenvalue weighted by Gasteiger charge is -2.49. The van der Waals surface area contributed by atoms with Crippen LogP contribution < -0.4 is 31.5 Å². The number of hydrogen-bond acceptors (Lipinski definition) is 15. The number of urea groups is 1. The Morgan fingerprint density at radius 2 is 1.91 bits per heavy atom. The number of methoxy groups -OCH3 is 1. The Labute approximate surface area is 317 Å². The highest BCUT2D eigenvalue weighted by Crippen LogP contribution is 2.45. The molecule has 3 amide bonds. The summed E-state index contributed by atoms with van der Waals surface area (Å²) in [4.78, 5) is 76.0. The highest BCUT2D eigenvalue weighted by molar-refractivity contribution is 8.00. The number of anilines is 3. The lowest BCUT2D eigenvalue weighted by molar-refractivity contribution is -0.765. The first-order chi connectivity index (χ1) is 25.6. The number of hydrogen-bond donors (Lipinski definition) is 5. The third kappa shape index (κ3) is 8.57. The molecule has 2 aromatic heterocycles. The molecule has 2 aliphatic heterocycles. The molecule has 0 bridgehead atoms. The molecule has 19 nitrogen and oxygen atoms in total. The second kappa shape index (κ2) is 16.5. The Bertz CT molecular complexity index is 2010. The predicted octanol–water partition coefficient (Wildman–Crippen LogP) is 1.64. The van der Waals surface area contributed by atoms with Gasteiger partial charge in [-0.05, 0) is 38.0 Å². The molecule has 54 heavy (non-hydrogen) atoms. The van der Waals surface area contributed by atoms with Gasteiger partial charge in [0.25, 0.3) is 0 Å². The Morgan fingerprint density at radius 1 is 1.19 bits per heavy atom. The summed E-state index contributed by atoms with van der Waals surface area (Å²) >= 11 is 2.14. The topological polar surface area (TPSA) is 260 Å². The molecule has 0 saturated carbocycles. The van der Waals surface area contributed by atoms with Crippen LogP contribution in [0.4, 0.5) is 21.4 Å². The van der Waals surface area contributed by atoms with Gasteiger partial charge in [-0.25, -0.2) is 14.4 Å². The van der Waals surface area contributed by atoms with Gasteiger partial charge in [0.15, 0.2) is 34.7 Å². The first kappa shape index (κ1) is 39.5. The smallest absolute Gasteiger partial charge is 0.355 e. The number of carboxylic acids is 1. The zero-order chi connectivity index (χ0) is 39.3. The van der Waals surface area contributed by atoms with Gasteiger partial charge in [-0.3, -0.25) is 19.8 Å². The first-order valence-electron chi connectivity index (χ1n) is 16.6. The molecule has 0 radical (unpaired) electrons. The molecule has 7 N–H and O–H groups in total. The summed E-state index contributed by atoms with van der Waals surface area (Å²) in [7, 11) is 3.23. The van der Waals surface area contributed by atoms with Crippen molar-refractivity contribution in [1.29, 1.82) is 0 Å². The Balaban J connectivity index is 1.42. The molecule has 21 heteroatoms. The average molecular weight is 786 g/mol. The number of nitrogens with one attached hydrogen (secondary N) is 2. The van der Waals surface area contributed by atoms with Crippen molar-refractivity contribution in [2.45, 2.75) is 57.7 Å². The fraction of sp³-hybridized carbons (Fsp3) is 0.424. The number of nitrogens with zero attached hydrogens (tertiary/aromatic N) is 6. The monoisotopic (exact) mass is 785 g/mol. The maximum absolute atomic E-state index is 13.9. The molecule has 1 aromatic carbocycles. The lowest BCUT2D eigenvalue weighted by Crippen LogP contribution is -2.62. The molecule has 5 rings (SSSR count). The number of carboxylic acid groups (broad SMARTS) is 1. The van der Waals surface area contributed by atoms with Gasteiger partial charge in [0, 0.05) is 35.8 Å². The number of ketones is 1. The number of ether oxygens (including phenoxy) is 2. The van der Waals surface area contributed by atoms with Crippen molar-refractivity contribution in [3.63, 3.8) is 0 Å². The third-order valence-electron chi connectivity index (χ3n) is 8.51. The molecule has 1 saturated heterocycles. The quantitative estimate of drug-likeness (QED) is 0.0455. The number of aromatic nitrogens is 4. The molecule has 0 unspecified atom stereocenters. The number of β-lactam (4-membered cyclic amide) rings is 1. The van der Waals surface area contributed by atoms with Crippen LogP contribution in [0, 0.1) is 5.92 Å². The van der Waals surface area contributed by atoms with Crippen molar-refractivity contribution in [2.24, 2.45) is 18.1 Å². The van der Waals surface area contributed by atoms with E-state index >= 15 is 0 Å². The van der Waals surface area contributed by atoms with E-state index in [1.807, 2.05) is 6.92 Å². The second-order valence-electron chi connectivity index (χ2n) is 12.8. The Hall–Kier alpha value is -5.70. The molecule has 1 fully saturated rings. The summed E-state index contributed by atoms with van der Waals surface area (Å²) in [5.74, 6) is -3.20. The maximum Gasteiger partial charge on any atom is 0.355 e. The number of carbonyl (C=O) groups is 5. The van der Waals surface area contributed by atoms with Gasteiger partial charge < -0.3 is 36.2 Å². The minimum Gasteiger partial charge on any atom is -0.497 e. The predicted molar refractivity (Wildman–Crippen MR) is 197 cm³/mol. The summed E-state index contributed by atoms with van der Waals surface area (Å²) in [5, 5.41) is 18.1. The number of amides is 3. The van der Waals surface area contributed by atoms with E-state index < -0.39 is 52.3 Å². The van der Waals surface area contributed by atoms with Crippen molar-refractivity contribution in [2.75, 3.05) is 36.2 Å². The molecule has 4 heterocycles. The number of aliphatic carboxylic acids is 1. The van der Waals surface area contributed by atoms with Crippen LogP contribution in [0.3, 0.4) is 0 Å². The number of benzene rings is 1. The standard InChI is InChI=1S/C33H40N10O9S2/c1-6-11-36-32(49)37-21-14-42(41(4)25(21)34)13-18-16-53-28-20(12-22(44)23(26-38-31(35)54-40-26)39-52-33(2,3)30(47)48)27(45)43(28)24(18)29(46)51-15-17-7-9-19(50-5)10-8-17/h7-10,14,20,28,34H,6,11-13,15-16H2,1-5H3,(H5,35,36,37,38,40,47,48,49)/p+1/b39-23+/t20-,28-/m1/s1. The van der Waals surface area contributed by atoms with Gasteiger partial charge in [-0.1, -0.05) is 24.2 Å². The zero-order valence-corrected chi connectivity index (χ0v) is 31.8. The zero-order valence-electron chi connectivity index (χ0n) is 30.2. The largest absolute Gasteiger partial charge is 0.497 e. The maximum atomic E-state index is 13.9. The van der Waals surface area contributed by atoms with Crippen LogP contribution in [0.1, 0.15) is 45.0 Å². The Morgan fingerprint density at radius 3 is 2.54 bits per heavy atom. The van der Waals surface area contributed by atoms with Crippen LogP contribution in [0.5, 0.6) is 5.75 Å². The van der Waals surface area contributed by atoms with E-state index in [9.17, 15) is 29.1 Å². The van der Waals surface area contributed by atoms with E-state index in [0.717, 1.165) is 18.0 Å². The van der Waals surface area contributed by atoms with Crippen molar-refractivity contribution in [3.05, 3.63) is 53.1 Å². The normalized spacial score (nSPS) is 17.0. The van der Waals surface area contributed by atoms with E-state index in [2.05, 4.69) is 25.1 Å². The molecule has 2 atom stereocenters. The van der Waals surface area contributed by atoms with Crippen LogP contribution in [-0.4, -0.2) is 89.8 Å².